The molecule has 0 radical (unpaired) electrons. The molecule has 2 aromatic rings. The summed E-state index contributed by atoms with van der Waals surface area (Å²) >= 11 is 0. The summed E-state index contributed by atoms with van der Waals surface area (Å²) in [6.07, 6.45) is 3.42. The van der Waals surface area contributed by atoms with Crippen LogP contribution in [0.3, 0.4) is 0 Å². The van der Waals surface area contributed by atoms with Crippen LogP contribution in [0, 0.1) is 6.92 Å². The first-order valence-electron chi connectivity index (χ1n) is 6.40. The third-order valence-corrected chi connectivity index (χ3v) is 2.97. The van der Waals surface area contributed by atoms with E-state index < -0.39 is 0 Å². The number of pyridine rings is 1. The smallest absolute Gasteiger partial charge is 0.317 e. The van der Waals surface area contributed by atoms with Crippen LogP contribution < -0.4 is 5.32 Å². The van der Waals surface area contributed by atoms with Crippen molar-refractivity contribution in [2.24, 2.45) is 0 Å². The fourth-order valence-electron chi connectivity index (χ4n) is 1.84. The maximum Gasteiger partial charge on any atom is 0.317 e. The third-order valence-electron chi connectivity index (χ3n) is 2.97. The summed E-state index contributed by atoms with van der Waals surface area (Å²) in [6, 6.07) is 5.34. The fraction of sp³-hybridized carbons (Fsp3) is 0.357. The second-order valence-electron chi connectivity index (χ2n) is 4.74. The predicted molar refractivity (Wildman–Crippen MR) is 73.9 cm³/mol. The molecule has 2 aromatic heterocycles. The van der Waals surface area contributed by atoms with Crippen LogP contribution in [0.5, 0.6) is 0 Å². The third kappa shape index (κ3) is 3.57. The van der Waals surface area contributed by atoms with E-state index in [1.807, 2.05) is 32.0 Å². The van der Waals surface area contributed by atoms with E-state index in [4.69, 9.17) is 4.52 Å². The molecular formula is C14H18N4O2. The van der Waals surface area contributed by atoms with Gasteiger partial charge in [0.25, 0.3) is 0 Å². The normalized spacial score (nSPS) is 11.9. The Morgan fingerprint density at radius 2 is 2.15 bits per heavy atom. The molecule has 0 spiro atoms. The van der Waals surface area contributed by atoms with E-state index in [2.05, 4.69) is 15.5 Å². The number of nitrogens with zero attached hydrogens (tertiary/aromatic N) is 3. The van der Waals surface area contributed by atoms with Crippen molar-refractivity contribution in [1.29, 1.82) is 0 Å². The monoisotopic (exact) mass is 274 g/mol. The van der Waals surface area contributed by atoms with Crippen LogP contribution in [0.2, 0.25) is 0 Å². The maximum absolute atomic E-state index is 12.1. The lowest BCUT2D eigenvalue weighted by Gasteiger charge is -2.20. The van der Waals surface area contributed by atoms with Gasteiger partial charge >= 0.3 is 6.03 Å². The van der Waals surface area contributed by atoms with Crippen LogP contribution in [0.15, 0.2) is 35.1 Å². The molecule has 6 nitrogen and oxygen atoms in total. The van der Waals surface area contributed by atoms with Crippen LogP contribution in [0.4, 0.5) is 4.79 Å². The van der Waals surface area contributed by atoms with Gasteiger partial charge in [-0.05, 0) is 31.5 Å². The van der Waals surface area contributed by atoms with Crippen LogP contribution in [-0.4, -0.2) is 28.1 Å². The van der Waals surface area contributed by atoms with Crippen molar-refractivity contribution in [2.75, 3.05) is 7.05 Å². The first kappa shape index (κ1) is 14.0. The number of aromatic nitrogens is 2. The van der Waals surface area contributed by atoms with E-state index in [-0.39, 0.29) is 12.1 Å². The van der Waals surface area contributed by atoms with Gasteiger partial charge in [-0.25, -0.2) is 4.79 Å². The predicted octanol–water partition coefficient (Wildman–Crippen LogP) is 2.28. The summed E-state index contributed by atoms with van der Waals surface area (Å²) in [5, 5.41) is 6.79. The second-order valence-corrected chi connectivity index (χ2v) is 4.74. The maximum atomic E-state index is 12.1. The van der Waals surface area contributed by atoms with E-state index in [0.717, 1.165) is 17.0 Å². The van der Waals surface area contributed by atoms with Gasteiger partial charge in [-0.3, -0.25) is 4.98 Å². The summed E-state index contributed by atoms with van der Waals surface area (Å²) in [7, 11) is 1.72. The molecule has 20 heavy (non-hydrogen) atoms. The fourth-order valence-corrected chi connectivity index (χ4v) is 1.84. The topological polar surface area (TPSA) is 71.3 Å². The molecule has 2 heterocycles. The lowest BCUT2D eigenvalue weighted by atomic mass is 10.1. The van der Waals surface area contributed by atoms with Gasteiger partial charge in [-0.15, -0.1) is 0 Å². The van der Waals surface area contributed by atoms with Gasteiger partial charge in [0.1, 0.15) is 11.5 Å². The van der Waals surface area contributed by atoms with Crippen molar-refractivity contribution < 1.29 is 9.32 Å². The van der Waals surface area contributed by atoms with Crippen LogP contribution in [0.1, 0.15) is 30.0 Å². The van der Waals surface area contributed by atoms with Crippen molar-refractivity contribution in [3.8, 4) is 0 Å². The largest absolute Gasteiger partial charge is 0.361 e. The first-order valence-corrected chi connectivity index (χ1v) is 6.40. The van der Waals surface area contributed by atoms with Crippen molar-refractivity contribution in [3.05, 3.63) is 47.6 Å². The van der Waals surface area contributed by atoms with E-state index in [0.29, 0.717) is 6.54 Å². The number of hydrogen-bond acceptors (Lipinski definition) is 4. The zero-order valence-electron chi connectivity index (χ0n) is 11.8. The summed E-state index contributed by atoms with van der Waals surface area (Å²) < 4.78 is 4.98. The molecule has 0 bridgehead atoms. The lowest BCUT2D eigenvalue weighted by Crippen LogP contribution is -2.38. The molecule has 0 fully saturated rings. The summed E-state index contributed by atoms with van der Waals surface area (Å²) in [6.45, 7) is 4.16. The number of carbonyl (C=O) groups is 1. The molecule has 0 unspecified atom stereocenters. The minimum Gasteiger partial charge on any atom is -0.361 e. The van der Waals surface area contributed by atoms with Crippen LogP contribution in [0.25, 0.3) is 0 Å². The Hall–Kier alpha value is -2.37. The summed E-state index contributed by atoms with van der Waals surface area (Å²) in [4.78, 5) is 17.6. The van der Waals surface area contributed by atoms with Gasteiger partial charge in [0.05, 0.1) is 12.6 Å². The zero-order valence-corrected chi connectivity index (χ0v) is 11.8. The molecule has 1 N–H and O–H groups in total. The van der Waals surface area contributed by atoms with Gasteiger partial charge in [-0.2, -0.15) is 0 Å². The number of nitrogens with one attached hydrogen (secondary N) is 1. The molecular weight excluding hydrogens is 256 g/mol. The number of carbonyl (C=O) groups excluding carboxylic acids is 1. The van der Waals surface area contributed by atoms with E-state index >= 15 is 0 Å². The number of hydrogen-bond donors (Lipinski definition) is 1. The lowest BCUT2D eigenvalue weighted by molar-refractivity contribution is 0.202. The SMILES string of the molecule is Cc1cc(CN(C)C(=O)N[C@@H](C)c2ccncc2)no1. The zero-order chi connectivity index (χ0) is 14.5. The van der Waals surface area contributed by atoms with Gasteiger partial charge in [0.2, 0.25) is 0 Å². The minimum absolute atomic E-state index is 0.0769. The Morgan fingerprint density at radius 3 is 2.75 bits per heavy atom. The molecule has 0 saturated carbocycles. The molecule has 0 aromatic carbocycles. The standard InChI is InChI=1S/C14H18N4O2/c1-10-8-13(17-20-10)9-18(3)14(19)16-11(2)12-4-6-15-7-5-12/h4-8,11H,9H2,1-3H3,(H,16,19)/t11-/m0/s1. The Kier molecular flexibility index (Phi) is 4.34. The van der Waals surface area contributed by atoms with Gasteiger partial charge in [0, 0.05) is 25.5 Å². The number of urea groups is 1. The summed E-state index contributed by atoms with van der Waals surface area (Å²) in [5.74, 6) is 0.735. The molecule has 0 aliphatic heterocycles. The molecule has 0 aliphatic carbocycles. The molecule has 6 heteroatoms. The highest BCUT2D eigenvalue weighted by Gasteiger charge is 2.14. The van der Waals surface area contributed by atoms with E-state index in [1.165, 1.54) is 0 Å². The second kappa shape index (κ2) is 6.18. The van der Waals surface area contributed by atoms with Crippen LogP contribution >= 0.6 is 0 Å². The molecule has 2 rings (SSSR count). The quantitative estimate of drug-likeness (QED) is 0.928. The van der Waals surface area contributed by atoms with Crippen molar-refractivity contribution in [1.82, 2.24) is 20.4 Å². The number of amides is 2. The van der Waals surface area contributed by atoms with Crippen molar-refractivity contribution in [2.45, 2.75) is 26.4 Å². The first-order chi connectivity index (χ1) is 9.56. The number of rotatable bonds is 4. The van der Waals surface area contributed by atoms with Crippen LogP contribution in [-0.2, 0) is 6.54 Å². The highest BCUT2D eigenvalue weighted by atomic mass is 16.5. The van der Waals surface area contributed by atoms with E-state index in [9.17, 15) is 4.79 Å². The highest BCUT2D eigenvalue weighted by molar-refractivity contribution is 5.74. The van der Waals surface area contributed by atoms with E-state index in [1.54, 1.807) is 24.3 Å². The van der Waals surface area contributed by atoms with Crippen molar-refractivity contribution >= 4 is 6.03 Å². The molecule has 0 aliphatic rings. The molecule has 2 amide bonds. The Morgan fingerprint density at radius 1 is 1.45 bits per heavy atom. The molecule has 106 valence electrons. The molecule has 0 saturated heterocycles. The van der Waals surface area contributed by atoms with Gasteiger partial charge < -0.3 is 14.7 Å². The summed E-state index contributed by atoms with van der Waals surface area (Å²) in [5.41, 5.74) is 1.75. The van der Waals surface area contributed by atoms with Gasteiger partial charge in [0.15, 0.2) is 0 Å². The van der Waals surface area contributed by atoms with Gasteiger partial charge in [-0.1, -0.05) is 5.16 Å². The Bertz CT molecular complexity index is 568. The Labute approximate surface area is 117 Å². The van der Waals surface area contributed by atoms with Crippen molar-refractivity contribution in [3.63, 3.8) is 0 Å². The number of aryl methyl sites for hydroxylation is 1. The average molecular weight is 274 g/mol. The highest BCUT2D eigenvalue weighted by Crippen LogP contribution is 2.11. The Balaban J connectivity index is 1.91. The molecule has 1 atom stereocenters. The minimum atomic E-state index is -0.157. The average Bonchev–Trinajstić information content (AvgIpc) is 2.85.